The van der Waals surface area contributed by atoms with Crippen LogP contribution in [0.3, 0.4) is 0 Å². The number of nitrogens with one attached hydrogen (secondary N) is 1. The molecule has 0 bridgehead atoms. The molecular weight excluding hydrogens is 323 g/mol. The molecule has 0 radical (unpaired) electrons. The van der Waals surface area contributed by atoms with Crippen molar-refractivity contribution in [1.82, 2.24) is 10.3 Å². The molecule has 1 heterocycles. The average molecular weight is 341 g/mol. The van der Waals surface area contributed by atoms with E-state index in [9.17, 15) is 0 Å². The Hall–Kier alpha value is -0.740. The number of hydrogen-bond donors (Lipinski definition) is 1. The fourth-order valence-electron chi connectivity index (χ4n) is 1.90. The Bertz CT molecular complexity index is 605. The van der Waals surface area contributed by atoms with Crippen LogP contribution in [0.2, 0.25) is 10.0 Å². The first-order valence-corrected chi connectivity index (χ1v) is 8.50. The lowest BCUT2D eigenvalue weighted by Crippen LogP contribution is -2.19. The van der Waals surface area contributed by atoms with Crippen LogP contribution in [-0.4, -0.2) is 11.5 Å². The SMILES string of the molecule is CCCNC(C)c1ccc(Sc2ncccc2Cl)c(Cl)c1. The van der Waals surface area contributed by atoms with E-state index in [1.807, 2.05) is 24.3 Å². The van der Waals surface area contributed by atoms with Crippen LogP contribution in [0.1, 0.15) is 31.9 Å². The quantitative estimate of drug-likeness (QED) is 0.740. The summed E-state index contributed by atoms with van der Waals surface area (Å²) in [5, 5.41) is 5.59. The van der Waals surface area contributed by atoms with Gasteiger partial charge in [0.25, 0.3) is 0 Å². The molecule has 1 atom stereocenters. The van der Waals surface area contributed by atoms with Crippen molar-refractivity contribution in [2.24, 2.45) is 0 Å². The first kappa shape index (κ1) is 16.6. The molecule has 0 aliphatic carbocycles. The summed E-state index contributed by atoms with van der Waals surface area (Å²) in [5.74, 6) is 0. The van der Waals surface area contributed by atoms with Gasteiger partial charge >= 0.3 is 0 Å². The van der Waals surface area contributed by atoms with Gasteiger partial charge in [-0.3, -0.25) is 0 Å². The van der Waals surface area contributed by atoms with Crippen molar-refractivity contribution < 1.29 is 0 Å². The van der Waals surface area contributed by atoms with Gasteiger partial charge in [0.05, 0.1) is 10.0 Å². The van der Waals surface area contributed by atoms with Crippen LogP contribution < -0.4 is 5.32 Å². The second-order valence-corrected chi connectivity index (χ2v) is 6.60. The lowest BCUT2D eigenvalue weighted by atomic mass is 10.1. The molecule has 5 heteroatoms. The third kappa shape index (κ3) is 4.62. The lowest BCUT2D eigenvalue weighted by Gasteiger charge is -2.15. The first-order chi connectivity index (χ1) is 10.1. The van der Waals surface area contributed by atoms with Crippen LogP contribution in [0.25, 0.3) is 0 Å². The van der Waals surface area contributed by atoms with Gasteiger partial charge in [-0.15, -0.1) is 0 Å². The van der Waals surface area contributed by atoms with Crippen molar-refractivity contribution in [3.8, 4) is 0 Å². The molecule has 0 amide bonds. The van der Waals surface area contributed by atoms with Crippen LogP contribution in [0, 0.1) is 0 Å². The number of nitrogens with zero attached hydrogens (tertiary/aromatic N) is 1. The molecule has 1 N–H and O–H groups in total. The molecule has 0 saturated heterocycles. The molecule has 0 spiro atoms. The largest absolute Gasteiger partial charge is 0.310 e. The Kier molecular flexibility index (Phi) is 6.37. The molecule has 2 rings (SSSR count). The normalized spacial score (nSPS) is 12.4. The summed E-state index contributed by atoms with van der Waals surface area (Å²) in [5.41, 5.74) is 1.19. The van der Waals surface area contributed by atoms with Crippen molar-refractivity contribution in [3.63, 3.8) is 0 Å². The van der Waals surface area contributed by atoms with Crippen LogP contribution >= 0.6 is 35.0 Å². The molecule has 21 heavy (non-hydrogen) atoms. The van der Waals surface area contributed by atoms with E-state index in [4.69, 9.17) is 23.2 Å². The Morgan fingerprint density at radius 3 is 2.71 bits per heavy atom. The fraction of sp³-hybridized carbons (Fsp3) is 0.312. The Morgan fingerprint density at radius 1 is 1.24 bits per heavy atom. The molecule has 0 fully saturated rings. The summed E-state index contributed by atoms with van der Waals surface area (Å²) in [6.07, 6.45) is 2.84. The predicted molar refractivity (Wildman–Crippen MR) is 91.5 cm³/mol. The predicted octanol–water partition coefficient (Wildman–Crippen LogP) is 5.60. The summed E-state index contributed by atoms with van der Waals surface area (Å²) in [7, 11) is 0. The zero-order valence-electron chi connectivity index (χ0n) is 12.1. The molecule has 2 nitrogen and oxygen atoms in total. The number of halogens is 2. The zero-order chi connectivity index (χ0) is 15.2. The molecule has 1 aromatic heterocycles. The van der Waals surface area contributed by atoms with Gasteiger partial charge < -0.3 is 5.32 Å². The molecule has 1 unspecified atom stereocenters. The monoisotopic (exact) mass is 340 g/mol. The highest BCUT2D eigenvalue weighted by Crippen LogP contribution is 2.36. The smallest absolute Gasteiger partial charge is 0.119 e. The Labute approximate surface area is 140 Å². The van der Waals surface area contributed by atoms with Crippen LogP contribution in [-0.2, 0) is 0 Å². The van der Waals surface area contributed by atoms with E-state index in [1.165, 1.54) is 17.3 Å². The standard InChI is InChI=1S/C16H18Cl2N2S/c1-3-8-19-11(2)12-6-7-15(14(18)10-12)21-16-13(17)5-4-9-20-16/h4-7,9-11,19H,3,8H2,1-2H3. The van der Waals surface area contributed by atoms with Crippen LogP contribution in [0.15, 0.2) is 46.5 Å². The minimum absolute atomic E-state index is 0.292. The van der Waals surface area contributed by atoms with E-state index in [1.54, 1.807) is 6.20 Å². The molecule has 112 valence electrons. The van der Waals surface area contributed by atoms with Crippen molar-refractivity contribution >= 4 is 35.0 Å². The van der Waals surface area contributed by atoms with E-state index in [-0.39, 0.29) is 0 Å². The van der Waals surface area contributed by atoms with Gasteiger partial charge in [0, 0.05) is 17.1 Å². The molecule has 0 aliphatic heterocycles. The third-order valence-corrected chi connectivity index (χ3v) is 5.02. The van der Waals surface area contributed by atoms with Gasteiger partial charge in [0.2, 0.25) is 0 Å². The average Bonchev–Trinajstić information content (AvgIpc) is 2.49. The van der Waals surface area contributed by atoms with Gasteiger partial charge in [0.15, 0.2) is 0 Å². The molecule has 0 saturated carbocycles. The van der Waals surface area contributed by atoms with E-state index in [0.29, 0.717) is 11.1 Å². The minimum Gasteiger partial charge on any atom is -0.310 e. The maximum Gasteiger partial charge on any atom is 0.119 e. The van der Waals surface area contributed by atoms with Crippen LogP contribution in [0.5, 0.6) is 0 Å². The number of pyridine rings is 1. The van der Waals surface area contributed by atoms with Crippen molar-refractivity contribution in [2.75, 3.05) is 6.54 Å². The van der Waals surface area contributed by atoms with Gasteiger partial charge in [-0.05, 0) is 49.7 Å². The molecular formula is C16H18Cl2N2S. The van der Waals surface area contributed by atoms with E-state index < -0.39 is 0 Å². The minimum atomic E-state index is 0.292. The second-order valence-electron chi connectivity index (χ2n) is 4.76. The summed E-state index contributed by atoms with van der Waals surface area (Å²) in [6, 6.07) is 10.1. The third-order valence-electron chi connectivity index (χ3n) is 3.09. The molecule has 1 aromatic carbocycles. The molecule has 2 aromatic rings. The summed E-state index contributed by atoms with van der Waals surface area (Å²) >= 11 is 14.0. The molecule has 0 aliphatic rings. The zero-order valence-corrected chi connectivity index (χ0v) is 14.4. The topological polar surface area (TPSA) is 24.9 Å². The van der Waals surface area contributed by atoms with E-state index in [0.717, 1.165) is 27.9 Å². The summed E-state index contributed by atoms with van der Waals surface area (Å²) in [4.78, 5) is 5.23. The first-order valence-electron chi connectivity index (χ1n) is 6.93. The van der Waals surface area contributed by atoms with Crippen molar-refractivity contribution in [1.29, 1.82) is 0 Å². The van der Waals surface area contributed by atoms with Gasteiger partial charge in [-0.1, -0.05) is 48.0 Å². The second kappa shape index (κ2) is 8.04. The van der Waals surface area contributed by atoms with Gasteiger partial charge in [-0.25, -0.2) is 4.98 Å². The van der Waals surface area contributed by atoms with Crippen molar-refractivity contribution in [2.45, 2.75) is 36.2 Å². The van der Waals surface area contributed by atoms with E-state index >= 15 is 0 Å². The number of benzene rings is 1. The van der Waals surface area contributed by atoms with Gasteiger partial charge in [-0.2, -0.15) is 0 Å². The number of hydrogen-bond acceptors (Lipinski definition) is 3. The maximum atomic E-state index is 6.39. The number of aromatic nitrogens is 1. The summed E-state index contributed by atoms with van der Waals surface area (Å²) in [6.45, 7) is 5.30. The van der Waals surface area contributed by atoms with Crippen molar-refractivity contribution in [3.05, 3.63) is 52.1 Å². The highest BCUT2D eigenvalue weighted by atomic mass is 35.5. The highest BCUT2D eigenvalue weighted by Gasteiger charge is 2.10. The maximum absolute atomic E-state index is 6.39. The number of rotatable bonds is 6. The highest BCUT2D eigenvalue weighted by molar-refractivity contribution is 7.99. The van der Waals surface area contributed by atoms with Crippen LogP contribution in [0.4, 0.5) is 0 Å². The van der Waals surface area contributed by atoms with E-state index in [2.05, 4.69) is 30.2 Å². The van der Waals surface area contributed by atoms with Gasteiger partial charge in [0.1, 0.15) is 5.03 Å². The lowest BCUT2D eigenvalue weighted by molar-refractivity contribution is 0.570. The fourth-order valence-corrected chi connectivity index (χ4v) is 3.22. The summed E-state index contributed by atoms with van der Waals surface area (Å²) < 4.78 is 0. The Balaban J connectivity index is 2.14. The Morgan fingerprint density at radius 2 is 2.05 bits per heavy atom.